The Morgan fingerprint density at radius 2 is 2.04 bits per heavy atom. The van der Waals surface area contributed by atoms with Crippen LogP contribution in [-0.2, 0) is 0 Å². The Kier molecular flexibility index (Phi) is 8.29. The van der Waals surface area contributed by atoms with Gasteiger partial charge in [-0.1, -0.05) is 19.8 Å². The van der Waals surface area contributed by atoms with E-state index in [4.69, 9.17) is 10.5 Å². The van der Waals surface area contributed by atoms with Crippen LogP contribution < -0.4 is 15.8 Å². The molecule has 0 saturated heterocycles. The van der Waals surface area contributed by atoms with E-state index < -0.39 is 0 Å². The van der Waals surface area contributed by atoms with Gasteiger partial charge in [0, 0.05) is 18.8 Å². The van der Waals surface area contributed by atoms with Crippen LogP contribution in [0.2, 0.25) is 0 Å². The third-order valence-electron chi connectivity index (χ3n) is 3.68. The summed E-state index contributed by atoms with van der Waals surface area (Å²) in [5.41, 5.74) is 6.96. The maximum atomic E-state index is 12.3. The normalized spacial score (nSPS) is 11.5. The summed E-state index contributed by atoms with van der Waals surface area (Å²) in [6.07, 6.45) is 4.78. The topological polar surface area (TPSA) is 82.2 Å². The van der Waals surface area contributed by atoms with Crippen LogP contribution in [-0.4, -0.2) is 35.4 Å². The summed E-state index contributed by atoms with van der Waals surface area (Å²) in [6.45, 7) is 2.55. The van der Waals surface area contributed by atoms with Gasteiger partial charge in [-0.15, -0.1) is 12.4 Å². The quantitative estimate of drug-likeness (QED) is 0.764. The van der Waals surface area contributed by atoms with Gasteiger partial charge in [0.25, 0.3) is 5.91 Å². The summed E-state index contributed by atoms with van der Waals surface area (Å²) in [5, 5.41) is 7.27. The fraction of sp³-hybridized carbons (Fsp3) is 0.412. The second-order valence-corrected chi connectivity index (χ2v) is 5.39. The standard InChI is InChI=1S/C17H24N4O2.ClH/c1-3-4-5-13(12-18)19-17(22)16-10-11-21(20-16)14-6-8-15(23-2)9-7-14;/h6-11,13H,3-5,12,18H2,1-2H3,(H,19,22);1H. The average molecular weight is 353 g/mol. The number of unbranched alkanes of at least 4 members (excludes halogenated alkanes) is 1. The Labute approximate surface area is 148 Å². The number of benzene rings is 1. The van der Waals surface area contributed by atoms with Crippen LogP contribution in [0.4, 0.5) is 0 Å². The molecule has 1 unspecified atom stereocenters. The monoisotopic (exact) mass is 352 g/mol. The molecule has 1 heterocycles. The van der Waals surface area contributed by atoms with Crippen molar-refractivity contribution in [2.24, 2.45) is 5.73 Å². The van der Waals surface area contributed by atoms with E-state index in [9.17, 15) is 4.79 Å². The van der Waals surface area contributed by atoms with Crippen molar-refractivity contribution < 1.29 is 9.53 Å². The van der Waals surface area contributed by atoms with Gasteiger partial charge in [-0.25, -0.2) is 4.68 Å². The third-order valence-corrected chi connectivity index (χ3v) is 3.68. The fourth-order valence-electron chi connectivity index (χ4n) is 2.28. The van der Waals surface area contributed by atoms with Crippen LogP contribution in [0.25, 0.3) is 5.69 Å². The highest BCUT2D eigenvalue weighted by Crippen LogP contribution is 2.14. The summed E-state index contributed by atoms with van der Waals surface area (Å²) < 4.78 is 6.80. The van der Waals surface area contributed by atoms with E-state index in [0.29, 0.717) is 12.2 Å². The molecule has 0 saturated carbocycles. The molecular weight excluding hydrogens is 328 g/mol. The lowest BCUT2D eigenvalue weighted by atomic mass is 10.1. The molecule has 0 spiro atoms. The van der Waals surface area contributed by atoms with Crippen LogP contribution >= 0.6 is 12.4 Å². The van der Waals surface area contributed by atoms with Crippen LogP contribution in [0.5, 0.6) is 5.75 Å². The van der Waals surface area contributed by atoms with Crippen LogP contribution in [0.3, 0.4) is 0 Å². The second kappa shape index (κ2) is 9.95. The molecule has 2 aromatic rings. The highest BCUT2D eigenvalue weighted by molar-refractivity contribution is 5.92. The largest absolute Gasteiger partial charge is 0.497 e. The Morgan fingerprint density at radius 3 is 2.62 bits per heavy atom. The van der Waals surface area contributed by atoms with Gasteiger partial charge in [0.1, 0.15) is 5.75 Å². The molecule has 0 radical (unpaired) electrons. The van der Waals surface area contributed by atoms with Gasteiger partial charge in [0.15, 0.2) is 5.69 Å². The number of nitrogens with two attached hydrogens (primary N) is 1. The van der Waals surface area contributed by atoms with Crippen LogP contribution in [0.15, 0.2) is 36.5 Å². The first-order valence-electron chi connectivity index (χ1n) is 7.89. The lowest BCUT2D eigenvalue weighted by Gasteiger charge is -2.15. The van der Waals surface area contributed by atoms with Crippen molar-refractivity contribution in [3.63, 3.8) is 0 Å². The number of nitrogens with one attached hydrogen (secondary N) is 1. The summed E-state index contributed by atoms with van der Waals surface area (Å²) in [6, 6.07) is 9.17. The number of carbonyl (C=O) groups is 1. The maximum absolute atomic E-state index is 12.3. The van der Waals surface area contributed by atoms with Gasteiger partial charge in [-0.2, -0.15) is 5.10 Å². The van der Waals surface area contributed by atoms with E-state index in [1.807, 2.05) is 24.3 Å². The first kappa shape index (κ1) is 20.0. The Balaban J connectivity index is 0.00000288. The molecule has 24 heavy (non-hydrogen) atoms. The Hall–Kier alpha value is -2.05. The number of amides is 1. The van der Waals surface area contributed by atoms with Crippen molar-refractivity contribution in [2.75, 3.05) is 13.7 Å². The molecule has 3 N–H and O–H groups in total. The fourth-order valence-corrected chi connectivity index (χ4v) is 2.28. The zero-order valence-electron chi connectivity index (χ0n) is 14.1. The number of hydrogen-bond donors (Lipinski definition) is 2. The molecule has 0 aliphatic rings. The molecule has 7 heteroatoms. The Bertz CT molecular complexity index is 628. The molecule has 1 atom stereocenters. The van der Waals surface area contributed by atoms with Crippen LogP contribution in [0, 0.1) is 0 Å². The van der Waals surface area contributed by atoms with E-state index in [2.05, 4.69) is 17.3 Å². The van der Waals surface area contributed by atoms with E-state index in [-0.39, 0.29) is 24.4 Å². The van der Waals surface area contributed by atoms with Crippen molar-refractivity contribution >= 4 is 18.3 Å². The number of rotatable bonds is 8. The van der Waals surface area contributed by atoms with Crippen molar-refractivity contribution in [1.82, 2.24) is 15.1 Å². The highest BCUT2D eigenvalue weighted by atomic mass is 35.5. The average Bonchev–Trinajstić information content (AvgIpc) is 3.08. The summed E-state index contributed by atoms with van der Waals surface area (Å²) in [7, 11) is 1.62. The van der Waals surface area contributed by atoms with Gasteiger partial charge in [0.05, 0.1) is 12.8 Å². The molecule has 0 aliphatic heterocycles. The minimum atomic E-state index is -0.191. The number of nitrogens with zero attached hydrogens (tertiary/aromatic N) is 2. The van der Waals surface area contributed by atoms with Crippen molar-refractivity contribution in [2.45, 2.75) is 32.2 Å². The maximum Gasteiger partial charge on any atom is 0.272 e. The molecule has 1 amide bonds. The summed E-state index contributed by atoms with van der Waals surface area (Å²) >= 11 is 0. The minimum absolute atomic E-state index is 0. The van der Waals surface area contributed by atoms with Gasteiger partial charge in [-0.05, 0) is 36.8 Å². The summed E-state index contributed by atoms with van der Waals surface area (Å²) in [4.78, 5) is 12.3. The SMILES string of the molecule is CCCCC(CN)NC(=O)c1ccn(-c2ccc(OC)cc2)n1.Cl. The molecule has 0 aliphatic carbocycles. The zero-order chi connectivity index (χ0) is 16.7. The highest BCUT2D eigenvalue weighted by Gasteiger charge is 2.14. The smallest absolute Gasteiger partial charge is 0.272 e. The molecular formula is C17H25ClN4O2. The van der Waals surface area contributed by atoms with Crippen molar-refractivity contribution in [3.8, 4) is 11.4 Å². The molecule has 0 bridgehead atoms. The third kappa shape index (κ3) is 5.25. The summed E-state index contributed by atoms with van der Waals surface area (Å²) in [5.74, 6) is 0.587. The molecule has 132 valence electrons. The number of hydrogen-bond acceptors (Lipinski definition) is 4. The van der Waals surface area contributed by atoms with Gasteiger partial charge >= 0.3 is 0 Å². The minimum Gasteiger partial charge on any atom is -0.497 e. The van der Waals surface area contributed by atoms with Gasteiger partial charge in [-0.3, -0.25) is 4.79 Å². The van der Waals surface area contributed by atoms with E-state index in [0.717, 1.165) is 30.7 Å². The number of methoxy groups -OCH3 is 1. The molecule has 1 aromatic heterocycles. The number of carbonyl (C=O) groups excluding carboxylic acids is 1. The van der Waals surface area contributed by atoms with Gasteiger partial charge in [0.2, 0.25) is 0 Å². The van der Waals surface area contributed by atoms with E-state index in [1.54, 1.807) is 24.1 Å². The number of halogens is 1. The van der Waals surface area contributed by atoms with Crippen molar-refractivity contribution in [1.29, 1.82) is 0 Å². The predicted octanol–water partition coefficient (Wildman–Crippen LogP) is 2.55. The molecule has 0 fully saturated rings. The molecule has 6 nitrogen and oxygen atoms in total. The van der Waals surface area contributed by atoms with E-state index >= 15 is 0 Å². The number of ether oxygens (including phenoxy) is 1. The second-order valence-electron chi connectivity index (χ2n) is 5.39. The lowest BCUT2D eigenvalue weighted by molar-refractivity contribution is 0.0930. The zero-order valence-corrected chi connectivity index (χ0v) is 14.9. The Morgan fingerprint density at radius 1 is 1.33 bits per heavy atom. The first-order chi connectivity index (χ1) is 11.2. The van der Waals surface area contributed by atoms with Crippen molar-refractivity contribution in [3.05, 3.63) is 42.2 Å². The lowest BCUT2D eigenvalue weighted by Crippen LogP contribution is -2.40. The van der Waals surface area contributed by atoms with Crippen LogP contribution in [0.1, 0.15) is 36.7 Å². The number of aromatic nitrogens is 2. The predicted molar refractivity (Wildman–Crippen MR) is 97.2 cm³/mol. The first-order valence-corrected chi connectivity index (χ1v) is 7.89. The van der Waals surface area contributed by atoms with E-state index in [1.165, 1.54) is 0 Å². The molecule has 1 aromatic carbocycles. The van der Waals surface area contributed by atoms with Gasteiger partial charge < -0.3 is 15.8 Å². The molecule has 2 rings (SSSR count).